The van der Waals surface area contributed by atoms with Crippen LogP contribution in [-0.4, -0.2) is 13.2 Å². The number of hydrogen-bond donors (Lipinski definition) is 0. The van der Waals surface area contributed by atoms with Crippen LogP contribution in [0.15, 0.2) is 30.3 Å². The molecule has 1 heteroatoms. The van der Waals surface area contributed by atoms with E-state index in [1.165, 1.54) is 5.56 Å². The first-order valence-electron chi connectivity index (χ1n) is 4.97. The molecule has 0 saturated heterocycles. The van der Waals surface area contributed by atoms with Crippen LogP contribution in [0, 0.1) is 0 Å². The van der Waals surface area contributed by atoms with E-state index in [2.05, 4.69) is 38.1 Å². The zero-order valence-corrected chi connectivity index (χ0v) is 8.49. The van der Waals surface area contributed by atoms with Crippen molar-refractivity contribution in [3.63, 3.8) is 0 Å². The van der Waals surface area contributed by atoms with E-state index in [9.17, 15) is 0 Å². The van der Waals surface area contributed by atoms with Gasteiger partial charge in [-0.05, 0) is 12.0 Å². The monoisotopic (exact) mass is 178 g/mol. The fraction of sp³-hybridized carbons (Fsp3) is 0.500. The highest BCUT2D eigenvalue weighted by Gasteiger charge is 2.03. The lowest BCUT2D eigenvalue weighted by Gasteiger charge is -2.11. The molecular formula is C12H18O. The van der Waals surface area contributed by atoms with Crippen molar-refractivity contribution in [3.05, 3.63) is 35.9 Å². The predicted molar refractivity (Wildman–Crippen MR) is 56.0 cm³/mol. The molecule has 0 aromatic heterocycles. The highest BCUT2D eigenvalue weighted by atomic mass is 16.5. The molecule has 0 N–H and O–H groups in total. The molecular weight excluding hydrogens is 160 g/mol. The van der Waals surface area contributed by atoms with Gasteiger partial charge in [0.15, 0.2) is 0 Å². The topological polar surface area (TPSA) is 9.23 Å². The lowest BCUT2D eigenvalue weighted by molar-refractivity contribution is 0.124. The third kappa shape index (κ3) is 3.60. The van der Waals surface area contributed by atoms with Gasteiger partial charge in [-0.25, -0.2) is 0 Å². The molecule has 1 nitrogen and oxygen atoms in total. The van der Waals surface area contributed by atoms with Gasteiger partial charge in [0, 0.05) is 12.5 Å². The van der Waals surface area contributed by atoms with Gasteiger partial charge in [0.2, 0.25) is 0 Å². The molecule has 1 rings (SSSR count). The Balaban J connectivity index is 2.35. The van der Waals surface area contributed by atoms with Crippen molar-refractivity contribution >= 4 is 0 Å². The molecule has 0 aliphatic rings. The van der Waals surface area contributed by atoms with Crippen LogP contribution in [0.1, 0.15) is 31.7 Å². The van der Waals surface area contributed by atoms with Crippen molar-refractivity contribution < 1.29 is 4.74 Å². The summed E-state index contributed by atoms with van der Waals surface area (Å²) in [6, 6.07) is 10.5. The minimum absolute atomic E-state index is 0.507. The van der Waals surface area contributed by atoms with Gasteiger partial charge < -0.3 is 4.74 Å². The van der Waals surface area contributed by atoms with Crippen LogP contribution in [0.4, 0.5) is 0 Å². The molecule has 0 amide bonds. The second-order valence-electron chi connectivity index (χ2n) is 3.39. The Morgan fingerprint density at radius 1 is 1.23 bits per heavy atom. The van der Waals surface area contributed by atoms with Crippen molar-refractivity contribution in [2.45, 2.75) is 26.2 Å². The maximum absolute atomic E-state index is 5.50. The Morgan fingerprint density at radius 3 is 2.54 bits per heavy atom. The van der Waals surface area contributed by atoms with Crippen LogP contribution >= 0.6 is 0 Å². The number of ether oxygens (including phenoxy) is 1. The van der Waals surface area contributed by atoms with Gasteiger partial charge in [-0.3, -0.25) is 0 Å². The molecule has 0 heterocycles. The minimum atomic E-state index is 0.507. The Morgan fingerprint density at radius 2 is 1.92 bits per heavy atom. The first-order valence-corrected chi connectivity index (χ1v) is 4.97. The van der Waals surface area contributed by atoms with Crippen LogP contribution in [-0.2, 0) is 4.74 Å². The lowest BCUT2D eigenvalue weighted by atomic mass is 10.0. The Kier molecular flexibility index (Phi) is 4.55. The van der Waals surface area contributed by atoms with E-state index in [-0.39, 0.29) is 0 Å². The first kappa shape index (κ1) is 10.3. The van der Waals surface area contributed by atoms with E-state index in [0.29, 0.717) is 5.92 Å². The van der Waals surface area contributed by atoms with Gasteiger partial charge in [-0.2, -0.15) is 0 Å². The summed E-state index contributed by atoms with van der Waals surface area (Å²) in [6.07, 6.45) is 1.10. The molecule has 0 bridgehead atoms. The van der Waals surface area contributed by atoms with Crippen LogP contribution in [0.2, 0.25) is 0 Å². The summed E-state index contributed by atoms with van der Waals surface area (Å²) in [7, 11) is 0. The van der Waals surface area contributed by atoms with Gasteiger partial charge in [0.05, 0.1) is 6.61 Å². The van der Waals surface area contributed by atoms with E-state index in [1.807, 2.05) is 6.07 Å². The van der Waals surface area contributed by atoms with Crippen LogP contribution in [0.3, 0.4) is 0 Å². The van der Waals surface area contributed by atoms with E-state index in [1.54, 1.807) is 0 Å². The smallest absolute Gasteiger partial charge is 0.0532 e. The summed E-state index contributed by atoms with van der Waals surface area (Å²) < 4.78 is 5.50. The molecule has 0 radical (unpaired) electrons. The van der Waals surface area contributed by atoms with Crippen molar-refractivity contribution in [1.82, 2.24) is 0 Å². The Bertz CT molecular complexity index is 218. The summed E-state index contributed by atoms with van der Waals surface area (Å²) in [5.41, 5.74) is 1.36. The third-order valence-corrected chi connectivity index (χ3v) is 2.08. The molecule has 0 aliphatic carbocycles. The summed E-state index contributed by atoms with van der Waals surface area (Å²) in [6.45, 7) is 6.03. The SMILES string of the molecule is CCCOC[C@@H](C)c1ccccc1. The highest BCUT2D eigenvalue weighted by molar-refractivity contribution is 5.18. The second-order valence-corrected chi connectivity index (χ2v) is 3.39. The van der Waals surface area contributed by atoms with Crippen LogP contribution in [0.25, 0.3) is 0 Å². The number of hydrogen-bond acceptors (Lipinski definition) is 1. The van der Waals surface area contributed by atoms with Gasteiger partial charge >= 0.3 is 0 Å². The zero-order valence-electron chi connectivity index (χ0n) is 8.49. The number of rotatable bonds is 5. The molecule has 0 unspecified atom stereocenters. The van der Waals surface area contributed by atoms with Crippen molar-refractivity contribution in [2.24, 2.45) is 0 Å². The summed E-state index contributed by atoms with van der Waals surface area (Å²) in [5, 5.41) is 0. The predicted octanol–water partition coefficient (Wildman–Crippen LogP) is 3.22. The van der Waals surface area contributed by atoms with Crippen LogP contribution < -0.4 is 0 Å². The van der Waals surface area contributed by atoms with Gasteiger partial charge in [0.1, 0.15) is 0 Å². The molecule has 0 aliphatic heterocycles. The molecule has 13 heavy (non-hydrogen) atoms. The fourth-order valence-corrected chi connectivity index (χ4v) is 1.28. The molecule has 1 aromatic carbocycles. The summed E-state index contributed by atoms with van der Waals surface area (Å²) in [4.78, 5) is 0. The van der Waals surface area contributed by atoms with Gasteiger partial charge in [0.25, 0.3) is 0 Å². The highest BCUT2D eigenvalue weighted by Crippen LogP contribution is 2.14. The Hall–Kier alpha value is -0.820. The summed E-state index contributed by atoms with van der Waals surface area (Å²) >= 11 is 0. The lowest BCUT2D eigenvalue weighted by Crippen LogP contribution is -2.04. The van der Waals surface area contributed by atoms with Crippen molar-refractivity contribution in [3.8, 4) is 0 Å². The largest absolute Gasteiger partial charge is 0.381 e. The van der Waals surface area contributed by atoms with E-state index >= 15 is 0 Å². The first-order chi connectivity index (χ1) is 6.34. The van der Waals surface area contributed by atoms with Gasteiger partial charge in [-0.15, -0.1) is 0 Å². The quantitative estimate of drug-likeness (QED) is 0.629. The summed E-state index contributed by atoms with van der Waals surface area (Å²) in [5.74, 6) is 0.507. The molecule has 1 aromatic rings. The van der Waals surface area contributed by atoms with E-state index < -0.39 is 0 Å². The molecule has 0 spiro atoms. The molecule has 0 saturated carbocycles. The molecule has 72 valence electrons. The molecule has 1 atom stereocenters. The van der Waals surface area contributed by atoms with E-state index in [0.717, 1.165) is 19.6 Å². The maximum Gasteiger partial charge on any atom is 0.0532 e. The Labute approximate surface area is 80.7 Å². The average molecular weight is 178 g/mol. The van der Waals surface area contributed by atoms with Gasteiger partial charge in [-0.1, -0.05) is 44.2 Å². The van der Waals surface area contributed by atoms with Crippen LogP contribution in [0.5, 0.6) is 0 Å². The zero-order chi connectivity index (χ0) is 9.52. The van der Waals surface area contributed by atoms with Crippen molar-refractivity contribution in [1.29, 1.82) is 0 Å². The fourth-order valence-electron chi connectivity index (χ4n) is 1.28. The average Bonchev–Trinajstić information content (AvgIpc) is 2.19. The minimum Gasteiger partial charge on any atom is -0.381 e. The third-order valence-electron chi connectivity index (χ3n) is 2.08. The normalized spacial score (nSPS) is 12.8. The molecule has 0 fully saturated rings. The second kappa shape index (κ2) is 5.76. The van der Waals surface area contributed by atoms with Crippen molar-refractivity contribution in [2.75, 3.05) is 13.2 Å². The maximum atomic E-state index is 5.50. The van der Waals surface area contributed by atoms with E-state index in [4.69, 9.17) is 4.74 Å². The number of benzene rings is 1. The standard InChI is InChI=1S/C12H18O/c1-3-9-13-10-11(2)12-7-5-4-6-8-12/h4-8,11H,3,9-10H2,1-2H3/t11-/m1/s1.